The molecule has 94 valence electrons. The van der Waals surface area contributed by atoms with Gasteiger partial charge in [0.1, 0.15) is 0 Å². The minimum Gasteiger partial charge on any atom is -0.453 e. The fourth-order valence-electron chi connectivity index (χ4n) is 2.59. The Labute approximate surface area is 112 Å². The van der Waals surface area contributed by atoms with Crippen LogP contribution in [0.3, 0.4) is 0 Å². The van der Waals surface area contributed by atoms with Crippen LogP contribution in [0.4, 0.5) is 4.79 Å². The molecule has 0 saturated carbocycles. The van der Waals surface area contributed by atoms with Gasteiger partial charge < -0.3 is 9.64 Å². The van der Waals surface area contributed by atoms with Crippen molar-refractivity contribution in [2.45, 2.75) is 57.5 Å². The van der Waals surface area contributed by atoms with E-state index in [4.69, 9.17) is 4.74 Å². The molecule has 1 amide bonds. The van der Waals surface area contributed by atoms with Crippen LogP contribution in [0, 0.1) is 0 Å². The maximum atomic E-state index is 11.8. The SMILES string of the molecule is CCC[C@H]1CCC[C@@H](CCI)N1C(=O)OC. The van der Waals surface area contributed by atoms with Crippen molar-refractivity contribution < 1.29 is 9.53 Å². The summed E-state index contributed by atoms with van der Waals surface area (Å²) in [5.74, 6) is 0. The normalized spacial score (nSPS) is 25.6. The molecule has 1 heterocycles. The minimum atomic E-state index is -0.131. The summed E-state index contributed by atoms with van der Waals surface area (Å²) in [4.78, 5) is 13.8. The van der Waals surface area contributed by atoms with Crippen LogP contribution >= 0.6 is 22.6 Å². The number of ether oxygens (including phenoxy) is 1. The number of alkyl halides is 1. The zero-order valence-electron chi connectivity index (χ0n) is 10.2. The van der Waals surface area contributed by atoms with E-state index in [9.17, 15) is 4.79 Å². The van der Waals surface area contributed by atoms with E-state index in [-0.39, 0.29) is 6.09 Å². The van der Waals surface area contributed by atoms with Gasteiger partial charge in [-0.15, -0.1) is 0 Å². The highest BCUT2D eigenvalue weighted by Gasteiger charge is 2.33. The first-order valence-electron chi connectivity index (χ1n) is 6.16. The predicted octanol–water partition coefficient (Wildman–Crippen LogP) is 3.60. The van der Waals surface area contributed by atoms with E-state index in [1.807, 2.05) is 4.90 Å². The van der Waals surface area contributed by atoms with E-state index in [1.54, 1.807) is 0 Å². The van der Waals surface area contributed by atoms with Gasteiger partial charge in [0, 0.05) is 16.5 Å². The molecule has 1 rings (SSSR count). The number of carbonyl (C=O) groups excluding carboxylic acids is 1. The molecule has 16 heavy (non-hydrogen) atoms. The van der Waals surface area contributed by atoms with E-state index in [0.29, 0.717) is 12.1 Å². The predicted molar refractivity (Wildman–Crippen MR) is 74.1 cm³/mol. The van der Waals surface area contributed by atoms with Gasteiger partial charge in [-0.05, 0) is 32.1 Å². The van der Waals surface area contributed by atoms with Gasteiger partial charge in [0.15, 0.2) is 0 Å². The van der Waals surface area contributed by atoms with E-state index in [1.165, 1.54) is 13.5 Å². The second-order valence-electron chi connectivity index (χ2n) is 4.38. The molecule has 0 bridgehead atoms. The molecule has 1 saturated heterocycles. The zero-order chi connectivity index (χ0) is 12.0. The number of hydrogen-bond acceptors (Lipinski definition) is 2. The van der Waals surface area contributed by atoms with Crippen LogP contribution in [0.5, 0.6) is 0 Å². The van der Waals surface area contributed by atoms with E-state index >= 15 is 0 Å². The lowest BCUT2D eigenvalue weighted by molar-refractivity contribution is 0.0544. The van der Waals surface area contributed by atoms with Crippen molar-refractivity contribution >= 4 is 28.7 Å². The Hall–Kier alpha value is 0. The number of likely N-dealkylation sites (tertiary alicyclic amines) is 1. The highest BCUT2D eigenvalue weighted by Crippen LogP contribution is 2.28. The molecule has 0 N–H and O–H groups in total. The van der Waals surface area contributed by atoms with Crippen molar-refractivity contribution in [1.82, 2.24) is 4.90 Å². The van der Waals surface area contributed by atoms with Gasteiger partial charge in [-0.1, -0.05) is 35.9 Å². The quantitative estimate of drug-likeness (QED) is 0.579. The lowest BCUT2D eigenvalue weighted by Crippen LogP contribution is -2.50. The van der Waals surface area contributed by atoms with Crippen molar-refractivity contribution in [2.24, 2.45) is 0 Å². The number of methoxy groups -OCH3 is 1. The van der Waals surface area contributed by atoms with Crippen molar-refractivity contribution in [1.29, 1.82) is 0 Å². The third-order valence-corrected chi connectivity index (χ3v) is 3.93. The Bertz CT molecular complexity index is 205. The zero-order valence-corrected chi connectivity index (χ0v) is 12.4. The van der Waals surface area contributed by atoms with E-state index in [0.717, 1.165) is 36.5 Å². The fourth-order valence-corrected chi connectivity index (χ4v) is 3.31. The van der Waals surface area contributed by atoms with Crippen molar-refractivity contribution in [3.05, 3.63) is 0 Å². The molecule has 0 aromatic heterocycles. The number of amides is 1. The first-order valence-corrected chi connectivity index (χ1v) is 7.69. The van der Waals surface area contributed by atoms with Crippen molar-refractivity contribution in [3.8, 4) is 0 Å². The van der Waals surface area contributed by atoms with Gasteiger partial charge in [-0.25, -0.2) is 4.79 Å². The second kappa shape index (κ2) is 7.35. The maximum absolute atomic E-state index is 11.8. The maximum Gasteiger partial charge on any atom is 0.409 e. The molecule has 0 aromatic carbocycles. The molecule has 0 unspecified atom stereocenters. The third kappa shape index (κ3) is 3.50. The van der Waals surface area contributed by atoms with Crippen LogP contribution in [0.15, 0.2) is 0 Å². The lowest BCUT2D eigenvalue weighted by atomic mass is 9.92. The fraction of sp³-hybridized carbons (Fsp3) is 0.917. The minimum absolute atomic E-state index is 0.131. The average Bonchev–Trinajstić information content (AvgIpc) is 2.29. The first-order chi connectivity index (χ1) is 7.74. The van der Waals surface area contributed by atoms with Gasteiger partial charge in [-0.3, -0.25) is 0 Å². The Morgan fingerprint density at radius 3 is 2.50 bits per heavy atom. The van der Waals surface area contributed by atoms with E-state index in [2.05, 4.69) is 29.5 Å². The Morgan fingerprint density at radius 1 is 1.38 bits per heavy atom. The average molecular weight is 339 g/mol. The summed E-state index contributed by atoms with van der Waals surface area (Å²) in [5, 5.41) is 0. The molecule has 1 fully saturated rings. The van der Waals surface area contributed by atoms with Crippen LogP contribution in [0.25, 0.3) is 0 Å². The molecular weight excluding hydrogens is 317 g/mol. The van der Waals surface area contributed by atoms with Crippen LogP contribution in [0.1, 0.15) is 45.4 Å². The number of hydrogen-bond donors (Lipinski definition) is 0. The van der Waals surface area contributed by atoms with Crippen molar-refractivity contribution in [2.75, 3.05) is 11.5 Å². The molecule has 0 aromatic rings. The third-order valence-electron chi connectivity index (χ3n) is 3.31. The van der Waals surface area contributed by atoms with Gasteiger partial charge in [-0.2, -0.15) is 0 Å². The first kappa shape index (κ1) is 14.1. The summed E-state index contributed by atoms with van der Waals surface area (Å²) >= 11 is 2.38. The molecule has 0 aliphatic carbocycles. The number of halogens is 1. The van der Waals surface area contributed by atoms with Gasteiger partial charge in [0.05, 0.1) is 7.11 Å². The summed E-state index contributed by atoms with van der Waals surface area (Å²) in [6, 6.07) is 0.800. The van der Waals surface area contributed by atoms with E-state index < -0.39 is 0 Å². The second-order valence-corrected chi connectivity index (χ2v) is 5.46. The Morgan fingerprint density at radius 2 is 2.00 bits per heavy atom. The summed E-state index contributed by atoms with van der Waals surface area (Å²) in [6.07, 6.45) is 6.73. The summed E-state index contributed by atoms with van der Waals surface area (Å²) in [6.45, 7) is 2.18. The summed E-state index contributed by atoms with van der Waals surface area (Å²) < 4.78 is 6.03. The highest BCUT2D eigenvalue weighted by molar-refractivity contribution is 14.1. The molecule has 3 nitrogen and oxygen atoms in total. The largest absolute Gasteiger partial charge is 0.453 e. The smallest absolute Gasteiger partial charge is 0.409 e. The van der Waals surface area contributed by atoms with Crippen LogP contribution in [0.2, 0.25) is 0 Å². The Kier molecular flexibility index (Phi) is 6.46. The number of rotatable bonds is 4. The standard InChI is InChI=1S/C12H22INO2/c1-3-5-10-6-4-7-11(8-9-13)14(10)12(15)16-2/h10-11H,3-9H2,1-2H3/t10-,11-/m0/s1. The topological polar surface area (TPSA) is 29.5 Å². The molecule has 2 atom stereocenters. The number of carbonyl (C=O) groups is 1. The van der Waals surface area contributed by atoms with Gasteiger partial charge >= 0.3 is 6.09 Å². The highest BCUT2D eigenvalue weighted by atomic mass is 127. The van der Waals surface area contributed by atoms with Crippen LogP contribution < -0.4 is 0 Å². The molecule has 4 heteroatoms. The number of piperidine rings is 1. The van der Waals surface area contributed by atoms with Gasteiger partial charge in [0.25, 0.3) is 0 Å². The Balaban J connectivity index is 2.71. The monoisotopic (exact) mass is 339 g/mol. The molecule has 1 aliphatic heterocycles. The van der Waals surface area contributed by atoms with Gasteiger partial charge in [0.2, 0.25) is 0 Å². The summed E-state index contributed by atoms with van der Waals surface area (Å²) in [5.41, 5.74) is 0. The lowest BCUT2D eigenvalue weighted by Gasteiger charge is -2.41. The summed E-state index contributed by atoms with van der Waals surface area (Å²) in [7, 11) is 1.49. The molecule has 0 radical (unpaired) electrons. The number of nitrogens with zero attached hydrogens (tertiary/aromatic N) is 1. The van der Waals surface area contributed by atoms with Crippen LogP contribution in [-0.4, -0.2) is 34.6 Å². The van der Waals surface area contributed by atoms with Crippen LogP contribution in [-0.2, 0) is 4.74 Å². The molecule has 0 spiro atoms. The van der Waals surface area contributed by atoms with Crippen molar-refractivity contribution in [3.63, 3.8) is 0 Å². The molecular formula is C12H22INO2. The molecule has 1 aliphatic rings.